The highest BCUT2D eigenvalue weighted by molar-refractivity contribution is 8.76. The van der Waals surface area contributed by atoms with E-state index < -0.39 is 65.1 Å². The van der Waals surface area contributed by atoms with Gasteiger partial charge in [0.2, 0.25) is 6.29 Å². The molecular formula is C47H44N2O10S2. The van der Waals surface area contributed by atoms with Crippen LogP contribution in [0.1, 0.15) is 85.5 Å². The van der Waals surface area contributed by atoms with Gasteiger partial charge >= 0.3 is 0 Å². The van der Waals surface area contributed by atoms with Gasteiger partial charge in [0.15, 0.2) is 11.6 Å². The van der Waals surface area contributed by atoms with Crippen LogP contribution in [0.25, 0.3) is 11.1 Å². The summed E-state index contributed by atoms with van der Waals surface area (Å²) in [6, 6.07) is 20.2. The number of carbonyl (C=O) groups excluding carboxylic acids is 2. The number of fused-ring (bicyclic) bond motifs is 2. The molecule has 12 bridgehead atoms. The van der Waals surface area contributed by atoms with Crippen molar-refractivity contribution in [2.45, 2.75) is 85.6 Å². The third-order valence-corrected chi connectivity index (χ3v) is 17.1. The Hall–Kier alpha value is -4.51. The first-order valence-corrected chi connectivity index (χ1v) is 23.1. The molecule has 2 spiro atoms. The summed E-state index contributed by atoms with van der Waals surface area (Å²) in [6.07, 6.45) is 0.887. The van der Waals surface area contributed by atoms with Crippen molar-refractivity contribution in [3.63, 3.8) is 0 Å². The summed E-state index contributed by atoms with van der Waals surface area (Å²) >= 11 is 0. The van der Waals surface area contributed by atoms with Gasteiger partial charge in [-0.05, 0) is 88.8 Å². The van der Waals surface area contributed by atoms with Crippen LogP contribution < -0.4 is 10.1 Å². The monoisotopic (exact) mass is 860 g/mol. The Morgan fingerprint density at radius 3 is 2.57 bits per heavy atom. The molecule has 3 aromatic carbocycles. The number of hydrogen-bond donors (Lipinski definition) is 7. The molecule has 7 N–H and O–H groups in total. The van der Waals surface area contributed by atoms with E-state index in [1.165, 1.54) is 33.7 Å². The summed E-state index contributed by atoms with van der Waals surface area (Å²) in [5.41, 5.74) is 2.39. The first-order valence-electron chi connectivity index (χ1n) is 20.7. The number of aliphatic hydroxyl groups is 6. The van der Waals surface area contributed by atoms with Crippen molar-refractivity contribution in [3.05, 3.63) is 135 Å². The fourth-order valence-corrected chi connectivity index (χ4v) is 14.6. The molecule has 0 amide bonds. The summed E-state index contributed by atoms with van der Waals surface area (Å²) in [4.78, 5) is 35.2. The van der Waals surface area contributed by atoms with Crippen molar-refractivity contribution >= 4 is 39.0 Å². The Bertz CT molecular complexity index is 2600. The van der Waals surface area contributed by atoms with Crippen LogP contribution in [-0.4, -0.2) is 89.8 Å². The number of ketones is 2. The Balaban J connectivity index is 1.09. The third-order valence-electron chi connectivity index (χ3n) is 14.5. The predicted molar refractivity (Wildman–Crippen MR) is 228 cm³/mol. The molecule has 1 aromatic heterocycles. The number of benzene rings is 3. The van der Waals surface area contributed by atoms with Crippen LogP contribution in [0.3, 0.4) is 0 Å². The minimum atomic E-state index is -2.28. The number of aliphatic hydroxyl groups excluding tert-OH is 5. The van der Waals surface area contributed by atoms with E-state index in [4.69, 9.17) is 14.5 Å². The topological polar surface area (TPSA) is 199 Å². The zero-order valence-corrected chi connectivity index (χ0v) is 34.5. The van der Waals surface area contributed by atoms with Gasteiger partial charge in [-0.15, -0.1) is 0 Å². The number of aromatic nitrogens is 1. The van der Waals surface area contributed by atoms with Crippen LogP contribution in [0.4, 0.5) is 5.82 Å². The highest BCUT2D eigenvalue weighted by Crippen LogP contribution is 2.66. The molecule has 12 rings (SSSR count). The average molecular weight is 861 g/mol. The Morgan fingerprint density at radius 1 is 0.934 bits per heavy atom. The molecule has 0 radical (unpaired) electrons. The molecule has 1 saturated heterocycles. The molecule has 4 aromatic rings. The van der Waals surface area contributed by atoms with Gasteiger partial charge in [0, 0.05) is 28.5 Å². The molecule has 2 fully saturated rings. The van der Waals surface area contributed by atoms with E-state index in [9.17, 15) is 35.4 Å². The number of ether oxygens (including phenoxy) is 2. The quantitative estimate of drug-likeness (QED) is 0.121. The van der Waals surface area contributed by atoms with Gasteiger partial charge in [-0.3, -0.25) is 9.59 Å². The Kier molecular flexibility index (Phi) is 9.20. The number of nitrogens with one attached hydrogen (secondary N) is 1. The number of carbonyl (C=O) groups is 2. The number of hydrogen-bond acceptors (Lipinski definition) is 14. The van der Waals surface area contributed by atoms with Crippen LogP contribution in [-0.2, 0) is 23.2 Å². The second-order valence-electron chi connectivity index (χ2n) is 17.5. The van der Waals surface area contributed by atoms with Gasteiger partial charge in [-0.25, -0.2) is 4.98 Å². The van der Waals surface area contributed by atoms with Crippen molar-refractivity contribution in [3.8, 4) is 16.9 Å². The minimum Gasteiger partial charge on any atom is -0.511 e. The molecule has 1 saturated carbocycles. The fraction of sp³-hybridized carbons (Fsp3) is 0.383. The largest absolute Gasteiger partial charge is 0.511 e. The maximum absolute atomic E-state index is 15.4. The van der Waals surface area contributed by atoms with E-state index in [-0.39, 0.29) is 52.7 Å². The van der Waals surface area contributed by atoms with E-state index >= 15 is 4.79 Å². The molecule has 14 heteroatoms. The van der Waals surface area contributed by atoms with E-state index in [1.807, 2.05) is 36.4 Å². The van der Waals surface area contributed by atoms with Crippen molar-refractivity contribution in [2.75, 3.05) is 17.7 Å². The minimum absolute atomic E-state index is 0.00680. The summed E-state index contributed by atoms with van der Waals surface area (Å²) in [7, 11) is 2.87. The first kappa shape index (κ1) is 39.3. The maximum Gasteiger partial charge on any atom is 0.229 e. The molecule has 314 valence electrons. The molecule has 5 heterocycles. The first-order chi connectivity index (χ1) is 29.5. The van der Waals surface area contributed by atoms with Crippen LogP contribution >= 0.6 is 21.6 Å². The molecule has 12 nitrogen and oxygen atoms in total. The summed E-state index contributed by atoms with van der Waals surface area (Å²) in [5, 5.41) is 73.0. The SMILES string of the molecule is O=C1c2cccc3c2C(=O)[C@]2(CSS[C@@H]4Nc5nccc6c5-c5c(cccc54)[C@H]4CCC[C@@]64C[C@]4(O)[C@H](O)[C@@H](CO)O[C@@H](O3)[C@@H]4O)C(O)=CC(Cc3cccc(CO)c3)=C[C@H]12. The summed E-state index contributed by atoms with van der Waals surface area (Å²) < 4.78 is 12.4. The number of Topliss-reactive ketones (excluding diaryl/α,β-unsaturated/α-hetero) is 2. The number of anilines is 1. The molecule has 61 heavy (non-hydrogen) atoms. The zero-order valence-electron chi connectivity index (χ0n) is 32.9. The normalized spacial score (nSPS) is 34.3. The van der Waals surface area contributed by atoms with Crippen LogP contribution in [0.2, 0.25) is 0 Å². The zero-order chi connectivity index (χ0) is 42.0. The van der Waals surface area contributed by atoms with Crippen molar-refractivity contribution in [1.29, 1.82) is 0 Å². The fourth-order valence-electron chi connectivity index (χ4n) is 11.7. The lowest BCUT2D eigenvalue weighted by molar-refractivity contribution is -0.318. The lowest BCUT2D eigenvalue weighted by atomic mass is 9.57. The Morgan fingerprint density at radius 2 is 1.74 bits per heavy atom. The predicted octanol–water partition coefficient (Wildman–Crippen LogP) is 5.82. The van der Waals surface area contributed by atoms with Gasteiger partial charge < -0.3 is 45.4 Å². The van der Waals surface area contributed by atoms with Crippen LogP contribution in [0.15, 0.2) is 96.4 Å². The smallest absolute Gasteiger partial charge is 0.229 e. The summed E-state index contributed by atoms with van der Waals surface area (Å²) in [6.45, 7) is -0.853. The van der Waals surface area contributed by atoms with Crippen molar-refractivity contribution in [1.82, 2.24) is 4.98 Å². The molecular weight excluding hydrogens is 817 g/mol. The van der Waals surface area contributed by atoms with Gasteiger partial charge in [-0.2, -0.15) is 0 Å². The van der Waals surface area contributed by atoms with Gasteiger partial charge in [0.05, 0.1) is 24.7 Å². The molecule has 4 aliphatic carbocycles. The summed E-state index contributed by atoms with van der Waals surface area (Å²) in [5.74, 6) is -1.89. The van der Waals surface area contributed by atoms with Gasteiger partial charge in [-0.1, -0.05) is 88.7 Å². The third kappa shape index (κ3) is 5.53. The van der Waals surface area contributed by atoms with Gasteiger partial charge in [0.25, 0.3) is 0 Å². The average Bonchev–Trinajstić information content (AvgIpc) is 3.70. The highest BCUT2D eigenvalue weighted by Gasteiger charge is 2.64. The highest BCUT2D eigenvalue weighted by atomic mass is 33.1. The van der Waals surface area contributed by atoms with Crippen molar-refractivity contribution < 1.29 is 49.7 Å². The number of rotatable bonds is 4. The number of allylic oxidation sites excluding steroid dienone is 4. The van der Waals surface area contributed by atoms with E-state index in [0.717, 1.165) is 51.8 Å². The Labute approximate surface area is 359 Å². The van der Waals surface area contributed by atoms with Crippen LogP contribution in [0.5, 0.6) is 5.75 Å². The number of pyridine rings is 1. The van der Waals surface area contributed by atoms with E-state index in [0.29, 0.717) is 24.2 Å². The van der Waals surface area contributed by atoms with E-state index in [1.54, 1.807) is 24.4 Å². The molecule has 8 aliphatic rings. The molecule has 10 atom stereocenters. The van der Waals surface area contributed by atoms with E-state index in [2.05, 4.69) is 17.4 Å². The van der Waals surface area contributed by atoms with Gasteiger partial charge in [0.1, 0.15) is 52.0 Å². The number of nitrogens with zero attached hydrogens (tertiary/aromatic N) is 1. The second-order valence-corrected chi connectivity index (χ2v) is 20.0. The standard InChI is InChI=1S/C47H44N2O10S2/c50-19-24-6-1-5-23(15-24)16-25-17-31-38(53)27-8-3-11-32-36(27)40(55)46(31,34(52)18-25)22-60-61-43-28-9-2-7-26-29-10-4-13-45(29,30-12-14-48-42(49-43)37(30)35(26)28)21-47(57)39(54)33(20-51)59-44(58-32)41(47)56/h1-3,5-9,11-12,14-15,17-18,29,31,33,39,41,43-44,50-52,54,56-57H,4,10,13,16,19-22H2,(H,48,49)/t29-,31-,33-,39-,41+,43+,44-,45+,46+,47+/m1/s1. The second kappa shape index (κ2) is 14.3. The van der Waals surface area contributed by atoms with Crippen molar-refractivity contribution in [2.24, 2.45) is 11.3 Å². The lowest BCUT2D eigenvalue weighted by Gasteiger charge is -2.54. The maximum atomic E-state index is 15.4. The van der Waals surface area contributed by atoms with Crippen LogP contribution in [0, 0.1) is 11.3 Å². The molecule has 4 aliphatic heterocycles. The lowest BCUT2D eigenvalue weighted by Crippen LogP contribution is -2.69. The molecule has 0 unspecified atom stereocenters.